The molecule has 102 valence electrons. The monoisotopic (exact) mass is 284 g/mol. The van der Waals surface area contributed by atoms with Crippen LogP contribution in [0, 0.1) is 10.1 Å². The first kappa shape index (κ1) is 13.6. The fraction of sp³-hybridized carbons (Fsp3) is 0.364. The Hall–Kier alpha value is -1.86. The third kappa shape index (κ3) is 2.77. The van der Waals surface area contributed by atoms with E-state index in [1.54, 1.807) is 6.07 Å². The van der Waals surface area contributed by atoms with Crippen LogP contribution in [0.4, 0.5) is 11.7 Å². The van der Waals surface area contributed by atoms with Gasteiger partial charge in [0.1, 0.15) is 5.52 Å². The molecule has 8 heteroatoms. The Morgan fingerprint density at radius 3 is 3.05 bits per heavy atom. The maximum atomic E-state index is 10.7. The number of hydrogen-bond acceptors (Lipinski definition) is 6. The van der Waals surface area contributed by atoms with Gasteiger partial charge >= 0.3 is 0 Å². The molecule has 0 aliphatic carbocycles. The van der Waals surface area contributed by atoms with Crippen molar-refractivity contribution < 1.29 is 9.34 Å². The fourth-order valence-corrected chi connectivity index (χ4v) is 2.04. The number of non-ortho nitro benzene ring substituents is 1. The molecule has 1 aromatic heterocycles. The van der Waals surface area contributed by atoms with E-state index in [1.165, 1.54) is 12.1 Å². The molecule has 1 atom stereocenters. The molecule has 1 aliphatic heterocycles. The molecule has 2 N–H and O–H groups in total. The number of nitro groups is 1. The number of benzene rings is 1. The van der Waals surface area contributed by atoms with Gasteiger partial charge in [0.05, 0.1) is 4.92 Å². The molecular formula is C11H13ClN4O3. The third-order valence-corrected chi connectivity index (χ3v) is 2.97. The van der Waals surface area contributed by atoms with Crippen LogP contribution in [0.25, 0.3) is 11.1 Å². The third-order valence-electron chi connectivity index (χ3n) is 2.97. The lowest BCUT2D eigenvalue weighted by Crippen LogP contribution is -2.22. The maximum absolute atomic E-state index is 10.7. The molecule has 1 saturated heterocycles. The molecule has 0 spiro atoms. The van der Waals surface area contributed by atoms with Crippen molar-refractivity contribution in [2.75, 3.05) is 18.4 Å². The molecule has 0 bridgehead atoms. The van der Waals surface area contributed by atoms with E-state index in [9.17, 15) is 10.1 Å². The van der Waals surface area contributed by atoms with Crippen LogP contribution < -0.4 is 10.6 Å². The van der Waals surface area contributed by atoms with E-state index in [1.807, 2.05) is 0 Å². The van der Waals surface area contributed by atoms with Gasteiger partial charge in [-0.05, 0) is 19.0 Å². The van der Waals surface area contributed by atoms with Crippen LogP contribution in [0.5, 0.6) is 0 Å². The van der Waals surface area contributed by atoms with Gasteiger partial charge in [0, 0.05) is 24.7 Å². The van der Waals surface area contributed by atoms with Crippen molar-refractivity contribution in [3.8, 4) is 0 Å². The van der Waals surface area contributed by atoms with E-state index >= 15 is 0 Å². The summed E-state index contributed by atoms with van der Waals surface area (Å²) in [5, 5.41) is 17.1. The van der Waals surface area contributed by atoms with Gasteiger partial charge in [-0.2, -0.15) is 4.98 Å². The van der Waals surface area contributed by atoms with Gasteiger partial charge in [-0.3, -0.25) is 10.1 Å². The number of aromatic nitrogens is 1. The maximum Gasteiger partial charge on any atom is 0.295 e. The van der Waals surface area contributed by atoms with Crippen molar-refractivity contribution in [2.45, 2.75) is 12.5 Å². The zero-order valence-corrected chi connectivity index (χ0v) is 10.8. The standard InChI is InChI=1S/C11H12N4O3.ClH/c16-15(17)8-1-2-10-9(5-8)14-11(18-10)13-7-3-4-12-6-7;/h1-2,5,7,12H,3-4,6H2,(H,13,14);1H/t7-;/m1./s1. The molecule has 7 nitrogen and oxygen atoms in total. The summed E-state index contributed by atoms with van der Waals surface area (Å²) in [5.74, 6) is 0. The molecule has 2 heterocycles. The highest BCUT2D eigenvalue weighted by atomic mass is 35.5. The van der Waals surface area contributed by atoms with Crippen LogP contribution in [-0.4, -0.2) is 29.0 Å². The van der Waals surface area contributed by atoms with Gasteiger partial charge in [0.25, 0.3) is 11.7 Å². The molecule has 2 aromatic rings. The summed E-state index contributed by atoms with van der Waals surface area (Å²) in [6.45, 7) is 1.85. The molecule has 0 radical (unpaired) electrons. The Bertz CT molecular complexity index is 595. The number of oxazole rings is 1. The summed E-state index contributed by atoms with van der Waals surface area (Å²) in [6.07, 6.45) is 1.01. The molecule has 3 rings (SSSR count). The molecule has 1 aliphatic rings. The van der Waals surface area contributed by atoms with E-state index in [0.717, 1.165) is 19.5 Å². The minimum Gasteiger partial charge on any atom is -0.424 e. The van der Waals surface area contributed by atoms with Crippen molar-refractivity contribution in [1.82, 2.24) is 10.3 Å². The number of fused-ring (bicyclic) bond motifs is 1. The molecule has 1 aromatic carbocycles. The predicted molar refractivity (Wildman–Crippen MR) is 72.8 cm³/mol. The Morgan fingerprint density at radius 2 is 2.37 bits per heavy atom. The summed E-state index contributed by atoms with van der Waals surface area (Å²) in [6, 6.07) is 5.11. The Morgan fingerprint density at radius 1 is 1.53 bits per heavy atom. The minimum atomic E-state index is -0.442. The fourth-order valence-electron chi connectivity index (χ4n) is 2.04. The second-order valence-corrected chi connectivity index (χ2v) is 4.26. The molecule has 0 amide bonds. The smallest absolute Gasteiger partial charge is 0.295 e. The SMILES string of the molecule is Cl.O=[N+]([O-])c1ccc2oc(N[C@@H]3CCNC3)nc2c1. The van der Waals surface area contributed by atoms with Gasteiger partial charge in [0.15, 0.2) is 5.58 Å². The summed E-state index contributed by atoms with van der Waals surface area (Å²) in [4.78, 5) is 14.4. The molecule has 0 saturated carbocycles. The van der Waals surface area contributed by atoms with E-state index in [4.69, 9.17) is 4.42 Å². The van der Waals surface area contributed by atoms with Gasteiger partial charge in [-0.25, -0.2) is 0 Å². The second kappa shape index (κ2) is 5.41. The summed E-state index contributed by atoms with van der Waals surface area (Å²) in [7, 11) is 0. The average molecular weight is 285 g/mol. The van der Waals surface area contributed by atoms with E-state index in [-0.39, 0.29) is 18.1 Å². The summed E-state index contributed by atoms with van der Waals surface area (Å²) >= 11 is 0. The van der Waals surface area contributed by atoms with Gasteiger partial charge in [-0.15, -0.1) is 12.4 Å². The number of nitrogens with one attached hydrogen (secondary N) is 2. The summed E-state index contributed by atoms with van der Waals surface area (Å²) < 4.78 is 5.49. The number of rotatable bonds is 3. The quantitative estimate of drug-likeness (QED) is 0.661. The highest BCUT2D eigenvalue weighted by Crippen LogP contribution is 2.24. The van der Waals surface area contributed by atoms with Crippen LogP contribution in [-0.2, 0) is 0 Å². The lowest BCUT2D eigenvalue weighted by molar-refractivity contribution is -0.384. The van der Waals surface area contributed by atoms with Gasteiger partial charge in [0.2, 0.25) is 0 Å². The van der Waals surface area contributed by atoms with Crippen molar-refractivity contribution in [2.24, 2.45) is 0 Å². The Labute approximate surface area is 114 Å². The van der Waals surface area contributed by atoms with Crippen molar-refractivity contribution in [3.63, 3.8) is 0 Å². The number of halogens is 1. The number of hydrogen-bond donors (Lipinski definition) is 2. The average Bonchev–Trinajstić information content (AvgIpc) is 2.96. The topological polar surface area (TPSA) is 93.2 Å². The van der Waals surface area contributed by atoms with Crippen molar-refractivity contribution >= 4 is 35.2 Å². The highest BCUT2D eigenvalue weighted by molar-refractivity contribution is 5.85. The minimum absolute atomic E-state index is 0. The first-order chi connectivity index (χ1) is 8.72. The van der Waals surface area contributed by atoms with Gasteiger partial charge in [-0.1, -0.05) is 0 Å². The molecule has 0 unspecified atom stereocenters. The number of nitrogens with zero attached hydrogens (tertiary/aromatic N) is 2. The normalized spacial score (nSPS) is 18.2. The van der Waals surface area contributed by atoms with Crippen LogP contribution >= 0.6 is 12.4 Å². The van der Waals surface area contributed by atoms with Crippen LogP contribution in [0.15, 0.2) is 22.6 Å². The highest BCUT2D eigenvalue weighted by Gasteiger charge is 2.17. The predicted octanol–water partition coefficient (Wildman–Crippen LogP) is 1.93. The Kier molecular flexibility index (Phi) is 3.87. The van der Waals surface area contributed by atoms with Crippen molar-refractivity contribution in [3.05, 3.63) is 28.3 Å². The summed E-state index contributed by atoms with van der Waals surface area (Å²) in [5.41, 5.74) is 1.07. The number of nitro benzene ring substituents is 1. The van der Waals surface area contributed by atoms with E-state index in [2.05, 4.69) is 15.6 Å². The Balaban J connectivity index is 0.00000133. The van der Waals surface area contributed by atoms with Crippen molar-refractivity contribution in [1.29, 1.82) is 0 Å². The lowest BCUT2D eigenvalue weighted by atomic mass is 10.3. The zero-order chi connectivity index (χ0) is 12.5. The first-order valence-corrected chi connectivity index (χ1v) is 5.74. The number of anilines is 1. The first-order valence-electron chi connectivity index (χ1n) is 5.74. The van der Waals surface area contributed by atoms with E-state index in [0.29, 0.717) is 23.2 Å². The molecule has 19 heavy (non-hydrogen) atoms. The lowest BCUT2D eigenvalue weighted by Gasteiger charge is -2.07. The molecular weight excluding hydrogens is 272 g/mol. The zero-order valence-electron chi connectivity index (χ0n) is 9.96. The second-order valence-electron chi connectivity index (χ2n) is 4.26. The molecule has 1 fully saturated rings. The van der Waals surface area contributed by atoms with Crippen LogP contribution in [0.1, 0.15) is 6.42 Å². The van der Waals surface area contributed by atoms with Crippen LogP contribution in [0.2, 0.25) is 0 Å². The largest absolute Gasteiger partial charge is 0.424 e. The van der Waals surface area contributed by atoms with Gasteiger partial charge < -0.3 is 15.1 Å². The van der Waals surface area contributed by atoms with E-state index < -0.39 is 4.92 Å². The van der Waals surface area contributed by atoms with Crippen LogP contribution in [0.3, 0.4) is 0 Å².